The smallest absolute Gasteiger partial charge is 0.407 e. The minimum atomic E-state index is -0.464. The lowest BCUT2D eigenvalue weighted by Gasteiger charge is -2.24. The van der Waals surface area contributed by atoms with Crippen molar-refractivity contribution < 1.29 is 9.53 Å². The fraction of sp³-hybridized carbons (Fsp3) is 0.588. The van der Waals surface area contributed by atoms with Gasteiger partial charge >= 0.3 is 6.09 Å². The van der Waals surface area contributed by atoms with E-state index in [9.17, 15) is 4.79 Å². The van der Waals surface area contributed by atoms with Crippen LogP contribution in [0, 0.1) is 0 Å². The second-order valence-electron chi connectivity index (χ2n) is 6.61. The van der Waals surface area contributed by atoms with Crippen LogP contribution in [-0.4, -0.2) is 30.8 Å². The maximum absolute atomic E-state index is 11.9. The summed E-state index contributed by atoms with van der Waals surface area (Å²) in [5.41, 5.74) is 2.13. The molecule has 4 nitrogen and oxygen atoms in total. The molecule has 0 aromatic heterocycles. The Balaban J connectivity index is 2.01. The summed E-state index contributed by atoms with van der Waals surface area (Å²) in [6.07, 6.45) is 0.703. The van der Waals surface area contributed by atoms with E-state index in [4.69, 9.17) is 4.74 Å². The number of aryl methyl sites for hydroxylation is 1. The number of alkyl carbamates (subject to hydrolysis) is 1. The van der Waals surface area contributed by atoms with E-state index in [0.29, 0.717) is 5.92 Å². The Hall–Kier alpha value is -1.55. The first kappa shape index (κ1) is 15.8. The molecule has 0 bridgehead atoms. The molecule has 0 spiro atoms. The average Bonchev–Trinajstić information content (AvgIpc) is 2.84. The molecular formula is C17H26N2O2. The largest absolute Gasteiger partial charge is 0.444 e. The normalized spacial score (nSPS) is 22.1. The molecule has 1 saturated heterocycles. The van der Waals surface area contributed by atoms with E-state index < -0.39 is 5.60 Å². The molecule has 0 aliphatic carbocycles. The molecule has 1 amide bonds. The molecule has 0 unspecified atom stereocenters. The van der Waals surface area contributed by atoms with Crippen LogP contribution in [0.2, 0.25) is 0 Å². The number of rotatable bonds is 3. The Labute approximate surface area is 127 Å². The molecular weight excluding hydrogens is 264 g/mol. The Morgan fingerprint density at radius 2 is 1.95 bits per heavy atom. The molecule has 1 heterocycles. The van der Waals surface area contributed by atoms with Gasteiger partial charge in [-0.15, -0.1) is 0 Å². The average molecular weight is 290 g/mol. The van der Waals surface area contributed by atoms with Crippen molar-refractivity contribution in [2.24, 2.45) is 0 Å². The van der Waals surface area contributed by atoms with E-state index in [-0.39, 0.29) is 12.1 Å². The predicted molar refractivity (Wildman–Crippen MR) is 84.6 cm³/mol. The van der Waals surface area contributed by atoms with Crippen molar-refractivity contribution in [2.45, 2.75) is 51.7 Å². The monoisotopic (exact) mass is 290 g/mol. The fourth-order valence-electron chi connectivity index (χ4n) is 2.64. The van der Waals surface area contributed by atoms with E-state index >= 15 is 0 Å². The maximum atomic E-state index is 11.9. The zero-order chi connectivity index (χ0) is 15.5. The van der Waals surface area contributed by atoms with Crippen molar-refractivity contribution in [1.82, 2.24) is 10.6 Å². The van der Waals surface area contributed by atoms with Crippen molar-refractivity contribution in [2.75, 3.05) is 13.1 Å². The summed E-state index contributed by atoms with van der Waals surface area (Å²) in [4.78, 5) is 11.9. The summed E-state index contributed by atoms with van der Waals surface area (Å²) >= 11 is 0. The first-order valence-corrected chi connectivity index (χ1v) is 7.68. The van der Waals surface area contributed by atoms with Crippen molar-refractivity contribution in [3.8, 4) is 0 Å². The van der Waals surface area contributed by atoms with Crippen molar-refractivity contribution in [3.63, 3.8) is 0 Å². The van der Waals surface area contributed by atoms with Gasteiger partial charge in [-0.2, -0.15) is 0 Å². The molecule has 1 aliphatic rings. The molecule has 21 heavy (non-hydrogen) atoms. The lowest BCUT2D eigenvalue weighted by Crippen LogP contribution is -2.42. The van der Waals surface area contributed by atoms with Crippen molar-refractivity contribution >= 4 is 6.09 Å². The van der Waals surface area contributed by atoms with Crippen LogP contribution in [0.25, 0.3) is 0 Å². The SMILES string of the molecule is CCc1ccc([C@@H]2CNC[C@@H]2NC(=O)OC(C)(C)C)cc1. The fourth-order valence-corrected chi connectivity index (χ4v) is 2.64. The van der Waals surface area contributed by atoms with E-state index in [1.807, 2.05) is 20.8 Å². The molecule has 1 aromatic rings. The highest BCUT2D eigenvalue weighted by Gasteiger charge is 2.31. The minimum absolute atomic E-state index is 0.0762. The van der Waals surface area contributed by atoms with Gasteiger partial charge in [-0.05, 0) is 38.3 Å². The first-order valence-electron chi connectivity index (χ1n) is 7.68. The van der Waals surface area contributed by atoms with Crippen molar-refractivity contribution in [1.29, 1.82) is 0 Å². The van der Waals surface area contributed by atoms with Crippen LogP contribution in [0.1, 0.15) is 44.7 Å². The van der Waals surface area contributed by atoms with E-state index in [0.717, 1.165) is 19.5 Å². The number of hydrogen-bond donors (Lipinski definition) is 2. The molecule has 1 aromatic carbocycles. The Bertz CT molecular complexity index is 477. The number of benzene rings is 1. The first-order chi connectivity index (χ1) is 9.89. The van der Waals surface area contributed by atoms with Gasteiger partial charge in [0.05, 0.1) is 6.04 Å². The molecule has 1 aliphatic heterocycles. The van der Waals surface area contributed by atoms with Crippen LogP contribution in [0.15, 0.2) is 24.3 Å². The highest BCUT2D eigenvalue weighted by molar-refractivity contribution is 5.68. The number of ether oxygens (including phenoxy) is 1. The van der Waals surface area contributed by atoms with Gasteiger partial charge < -0.3 is 15.4 Å². The van der Waals surface area contributed by atoms with Crippen LogP contribution in [0.4, 0.5) is 4.79 Å². The Morgan fingerprint density at radius 3 is 2.52 bits per heavy atom. The lowest BCUT2D eigenvalue weighted by atomic mass is 9.93. The lowest BCUT2D eigenvalue weighted by molar-refractivity contribution is 0.0504. The number of carbonyl (C=O) groups excluding carboxylic acids is 1. The van der Waals surface area contributed by atoms with Gasteiger partial charge in [-0.25, -0.2) is 4.79 Å². The zero-order valence-corrected chi connectivity index (χ0v) is 13.4. The number of amides is 1. The molecule has 0 saturated carbocycles. The summed E-state index contributed by atoms with van der Waals surface area (Å²) in [7, 11) is 0. The summed E-state index contributed by atoms with van der Waals surface area (Å²) in [5.74, 6) is 0.295. The van der Waals surface area contributed by atoms with Crippen molar-refractivity contribution in [3.05, 3.63) is 35.4 Å². The van der Waals surface area contributed by atoms with Gasteiger partial charge in [0.25, 0.3) is 0 Å². The van der Waals surface area contributed by atoms with Gasteiger partial charge in [0.2, 0.25) is 0 Å². The predicted octanol–water partition coefficient (Wildman–Crippen LogP) is 2.83. The van der Waals surface area contributed by atoms with Gasteiger partial charge in [0, 0.05) is 19.0 Å². The third-order valence-electron chi connectivity index (χ3n) is 3.73. The summed E-state index contributed by atoms with van der Waals surface area (Å²) in [5, 5.41) is 6.34. The van der Waals surface area contributed by atoms with Crippen LogP contribution < -0.4 is 10.6 Å². The van der Waals surface area contributed by atoms with Gasteiger partial charge in [0.1, 0.15) is 5.60 Å². The van der Waals surface area contributed by atoms with Crippen LogP contribution in [-0.2, 0) is 11.2 Å². The second-order valence-corrected chi connectivity index (χ2v) is 6.61. The van der Waals surface area contributed by atoms with Crippen LogP contribution >= 0.6 is 0 Å². The summed E-state index contributed by atoms with van der Waals surface area (Å²) in [6.45, 7) is 9.44. The standard InChI is InChI=1S/C17H26N2O2/c1-5-12-6-8-13(9-7-12)14-10-18-11-15(14)19-16(20)21-17(2,3)4/h6-9,14-15,18H,5,10-11H2,1-4H3,(H,19,20)/t14-,15-/m0/s1. The van der Waals surface area contributed by atoms with Crippen LogP contribution in [0.5, 0.6) is 0 Å². The maximum Gasteiger partial charge on any atom is 0.407 e. The zero-order valence-electron chi connectivity index (χ0n) is 13.4. The summed E-state index contributed by atoms with van der Waals surface area (Å²) < 4.78 is 5.34. The van der Waals surface area contributed by atoms with E-state index in [1.165, 1.54) is 11.1 Å². The third-order valence-corrected chi connectivity index (χ3v) is 3.73. The number of hydrogen-bond acceptors (Lipinski definition) is 3. The number of nitrogens with one attached hydrogen (secondary N) is 2. The second kappa shape index (κ2) is 6.48. The molecule has 2 N–H and O–H groups in total. The van der Waals surface area contributed by atoms with Gasteiger partial charge in [-0.1, -0.05) is 31.2 Å². The van der Waals surface area contributed by atoms with Crippen LogP contribution in [0.3, 0.4) is 0 Å². The highest BCUT2D eigenvalue weighted by atomic mass is 16.6. The molecule has 2 rings (SSSR count). The van der Waals surface area contributed by atoms with E-state index in [2.05, 4.69) is 41.8 Å². The molecule has 116 valence electrons. The minimum Gasteiger partial charge on any atom is -0.444 e. The molecule has 1 fully saturated rings. The molecule has 4 heteroatoms. The van der Waals surface area contributed by atoms with Gasteiger partial charge in [-0.3, -0.25) is 0 Å². The molecule has 0 radical (unpaired) electrons. The molecule has 2 atom stereocenters. The Morgan fingerprint density at radius 1 is 1.29 bits per heavy atom. The summed E-state index contributed by atoms with van der Waals surface area (Å²) in [6, 6.07) is 8.74. The topological polar surface area (TPSA) is 50.4 Å². The third kappa shape index (κ3) is 4.46. The van der Waals surface area contributed by atoms with Gasteiger partial charge in [0.15, 0.2) is 0 Å². The quantitative estimate of drug-likeness (QED) is 0.900. The highest BCUT2D eigenvalue weighted by Crippen LogP contribution is 2.24. The Kier molecular flexibility index (Phi) is 4.88. The van der Waals surface area contributed by atoms with E-state index in [1.54, 1.807) is 0 Å². The number of carbonyl (C=O) groups is 1.